The minimum absolute atomic E-state index is 0.0742. The molecule has 0 aliphatic heterocycles. The number of carboxylic acid groups (broad SMARTS) is 1. The second-order valence-corrected chi connectivity index (χ2v) is 3.95. The molecule has 0 aromatic carbocycles. The van der Waals surface area contributed by atoms with E-state index in [0.717, 1.165) is 11.1 Å². The Labute approximate surface area is 102 Å². The Morgan fingerprint density at radius 1 is 1.44 bits per heavy atom. The van der Waals surface area contributed by atoms with Crippen molar-refractivity contribution in [2.75, 3.05) is 5.32 Å². The number of hydrogen-bond acceptors (Lipinski definition) is 4. The lowest BCUT2D eigenvalue weighted by molar-refractivity contribution is -0.138. The van der Waals surface area contributed by atoms with Crippen molar-refractivity contribution < 1.29 is 14.7 Å². The summed E-state index contributed by atoms with van der Waals surface area (Å²) in [5.41, 5.74) is 1.39. The molecule has 2 aromatic heterocycles. The average Bonchev–Trinajstić information content (AvgIpc) is 2.80. The van der Waals surface area contributed by atoms with Crippen molar-refractivity contribution in [2.45, 2.75) is 19.8 Å². The third kappa shape index (κ3) is 2.17. The van der Waals surface area contributed by atoms with Gasteiger partial charge in [0.1, 0.15) is 5.82 Å². The Morgan fingerprint density at radius 2 is 2.17 bits per heavy atom. The van der Waals surface area contributed by atoms with Gasteiger partial charge in [-0.1, -0.05) is 0 Å². The van der Waals surface area contributed by atoms with Gasteiger partial charge in [0.05, 0.1) is 17.5 Å². The van der Waals surface area contributed by atoms with Crippen LogP contribution in [0.2, 0.25) is 0 Å². The van der Waals surface area contributed by atoms with Crippen LogP contribution in [0.25, 0.3) is 11.0 Å². The number of nitrogens with one attached hydrogen (secondary N) is 2. The van der Waals surface area contributed by atoms with E-state index in [2.05, 4.69) is 20.6 Å². The molecule has 0 radical (unpaired) electrons. The maximum Gasteiger partial charge on any atom is 0.303 e. The molecular weight excluding hydrogens is 238 g/mol. The van der Waals surface area contributed by atoms with Crippen molar-refractivity contribution in [3.8, 4) is 0 Å². The Morgan fingerprint density at radius 3 is 2.83 bits per heavy atom. The zero-order valence-corrected chi connectivity index (χ0v) is 10.0. The number of aromatic nitrogens is 4. The van der Waals surface area contributed by atoms with Gasteiger partial charge in [-0.05, 0) is 6.92 Å². The number of carbonyl (C=O) groups excluding carboxylic acids is 1. The zero-order chi connectivity index (χ0) is 13.3. The average molecular weight is 251 g/mol. The minimum Gasteiger partial charge on any atom is -0.481 e. The molecule has 0 unspecified atom stereocenters. The van der Waals surface area contributed by atoms with Crippen LogP contribution in [0.4, 0.5) is 5.82 Å². The number of H-pyrrole nitrogens is 1. The van der Waals surface area contributed by atoms with E-state index < -0.39 is 5.97 Å². The van der Waals surface area contributed by atoms with E-state index in [1.54, 1.807) is 11.7 Å². The van der Waals surface area contributed by atoms with Gasteiger partial charge in [0.2, 0.25) is 5.91 Å². The van der Waals surface area contributed by atoms with E-state index in [-0.39, 0.29) is 18.7 Å². The number of carbonyl (C=O) groups is 2. The van der Waals surface area contributed by atoms with Crippen LogP contribution in [-0.4, -0.2) is 37.0 Å². The Kier molecular flexibility index (Phi) is 3.00. The van der Waals surface area contributed by atoms with Gasteiger partial charge in [-0.2, -0.15) is 10.2 Å². The highest BCUT2D eigenvalue weighted by atomic mass is 16.4. The number of aryl methyl sites for hydroxylation is 2. The molecule has 18 heavy (non-hydrogen) atoms. The van der Waals surface area contributed by atoms with Gasteiger partial charge in [0.15, 0.2) is 5.65 Å². The van der Waals surface area contributed by atoms with Crippen LogP contribution >= 0.6 is 0 Å². The molecule has 8 nitrogen and oxygen atoms in total. The fraction of sp³-hybridized carbons (Fsp3) is 0.400. The number of nitrogens with zero attached hydrogens (tertiary/aromatic N) is 3. The van der Waals surface area contributed by atoms with Gasteiger partial charge in [-0.25, -0.2) is 4.68 Å². The van der Waals surface area contributed by atoms with Crippen LogP contribution in [0.1, 0.15) is 18.5 Å². The van der Waals surface area contributed by atoms with Gasteiger partial charge in [0, 0.05) is 13.5 Å². The molecule has 2 rings (SSSR count). The maximum atomic E-state index is 11.5. The monoisotopic (exact) mass is 251 g/mol. The molecule has 8 heteroatoms. The zero-order valence-electron chi connectivity index (χ0n) is 10.0. The molecule has 0 bridgehead atoms. The summed E-state index contributed by atoms with van der Waals surface area (Å²) in [7, 11) is 1.76. The number of carboxylic acids is 1. The smallest absolute Gasteiger partial charge is 0.303 e. The SMILES string of the molecule is Cc1nn(C)c2n[nH]c(NC(=O)CCC(=O)O)c12. The highest BCUT2D eigenvalue weighted by Gasteiger charge is 2.15. The number of aliphatic carboxylic acids is 1. The number of aromatic amines is 1. The van der Waals surface area contributed by atoms with E-state index in [9.17, 15) is 9.59 Å². The molecular formula is C10H13N5O3. The second kappa shape index (κ2) is 4.47. The lowest BCUT2D eigenvalue weighted by atomic mass is 10.3. The first kappa shape index (κ1) is 12.1. The molecule has 0 aliphatic carbocycles. The number of rotatable bonds is 4. The Hall–Kier alpha value is -2.38. The largest absolute Gasteiger partial charge is 0.481 e. The predicted octanol–water partition coefficient (Wildman–Crippen LogP) is 0.408. The summed E-state index contributed by atoms with van der Waals surface area (Å²) in [5.74, 6) is -0.922. The van der Waals surface area contributed by atoms with Crippen molar-refractivity contribution >= 4 is 28.7 Å². The van der Waals surface area contributed by atoms with E-state index >= 15 is 0 Å². The summed E-state index contributed by atoms with van der Waals surface area (Å²) in [6.45, 7) is 1.81. The van der Waals surface area contributed by atoms with Crippen molar-refractivity contribution in [3.63, 3.8) is 0 Å². The lowest BCUT2D eigenvalue weighted by Crippen LogP contribution is -2.13. The van der Waals surface area contributed by atoms with Crippen LogP contribution < -0.4 is 5.32 Å². The summed E-state index contributed by atoms with van der Waals surface area (Å²) >= 11 is 0. The van der Waals surface area contributed by atoms with Crippen molar-refractivity contribution in [1.29, 1.82) is 0 Å². The van der Waals surface area contributed by atoms with E-state index in [1.165, 1.54) is 0 Å². The third-order valence-corrected chi connectivity index (χ3v) is 2.55. The first-order valence-corrected chi connectivity index (χ1v) is 5.38. The molecule has 0 fully saturated rings. The standard InChI is InChI=1S/C10H13N5O3/c1-5-8-9(11-6(16)3-4-7(17)18)12-13-10(8)15(2)14-5/h3-4H2,1-2H3,(H,17,18)(H2,11,12,13,16). The summed E-state index contributed by atoms with van der Waals surface area (Å²) < 4.78 is 1.61. The van der Waals surface area contributed by atoms with Crippen molar-refractivity contribution in [2.24, 2.45) is 7.05 Å². The number of amides is 1. The number of anilines is 1. The molecule has 0 aliphatic rings. The molecule has 0 saturated carbocycles. The van der Waals surface area contributed by atoms with Gasteiger partial charge in [0.25, 0.3) is 0 Å². The molecule has 0 spiro atoms. The van der Waals surface area contributed by atoms with Crippen molar-refractivity contribution in [1.82, 2.24) is 20.0 Å². The molecule has 1 amide bonds. The fourth-order valence-corrected chi connectivity index (χ4v) is 1.74. The molecule has 0 saturated heterocycles. The first-order chi connectivity index (χ1) is 8.49. The molecule has 96 valence electrons. The van der Waals surface area contributed by atoms with Crippen LogP contribution in [0.5, 0.6) is 0 Å². The van der Waals surface area contributed by atoms with Gasteiger partial charge < -0.3 is 10.4 Å². The molecule has 2 aromatic rings. The van der Waals surface area contributed by atoms with Gasteiger partial charge >= 0.3 is 5.97 Å². The Bertz CT molecular complexity index is 612. The molecule has 0 atom stereocenters. The molecule has 3 N–H and O–H groups in total. The predicted molar refractivity (Wildman–Crippen MR) is 63.1 cm³/mol. The van der Waals surface area contributed by atoms with Gasteiger partial charge in [-0.3, -0.25) is 14.7 Å². The highest BCUT2D eigenvalue weighted by molar-refractivity contribution is 6.00. The summed E-state index contributed by atoms with van der Waals surface area (Å²) in [4.78, 5) is 21.9. The highest BCUT2D eigenvalue weighted by Crippen LogP contribution is 2.23. The third-order valence-electron chi connectivity index (χ3n) is 2.55. The summed E-state index contributed by atoms with van der Waals surface area (Å²) in [5, 5.41) is 22.7. The second-order valence-electron chi connectivity index (χ2n) is 3.95. The first-order valence-electron chi connectivity index (χ1n) is 5.38. The van der Waals surface area contributed by atoms with E-state index in [0.29, 0.717) is 11.5 Å². The minimum atomic E-state index is -1.00. The number of hydrogen-bond donors (Lipinski definition) is 3. The number of fused-ring (bicyclic) bond motifs is 1. The Balaban J connectivity index is 2.17. The summed E-state index contributed by atoms with van der Waals surface area (Å²) in [6, 6.07) is 0. The maximum absolute atomic E-state index is 11.5. The van der Waals surface area contributed by atoms with Crippen molar-refractivity contribution in [3.05, 3.63) is 5.69 Å². The quantitative estimate of drug-likeness (QED) is 0.728. The fourth-order valence-electron chi connectivity index (χ4n) is 1.74. The van der Waals surface area contributed by atoms with E-state index in [1.807, 2.05) is 6.92 Å². The van der Waals surface area contributed by atoms with Crippen LogP contribution in [0, 0.1) is 6.92 Å². The normalized spacial score (nSPS) is 10.8. The van der Waals surface area contributed by atoms with Crippen LogP contribution in [0.15, 0.2) is 0 Å². The topological polar surface area (TPSA) is 113 Å². The van der Waals surface area contributed by atoms with E-state index in [4.69, 9.17) is 5.11 Å². The van der Waals surface area contributed by atoms with Crippen LogP contribution in [-0.2, 0) is 16.6 Å². The lowest BCUT2D eigenvalue weighted by Gasteiger charge is -2.00. The summed E-state index contributed by atoms with van der Waals surface area (Å²) in [6.07, 6.45) is -0.274. The van der Waals surface area contributed by atoms with Gasteiger partial charge in [-0.15, -0.1) is 0 Å². The molecule has 2 heterocycles. The van der Waals surface area contributed by atoms with Crippen LogP contribution in [0.3, 0.4) is 0 Å².